The highest BCUT2D eigenvalue weighted by Crippen LogP contribution is 2.25. The molecule has 1 heterocycles. The van der Waals surface area contributed by atoms with Crippen molar-refractivity contribution in [2.24, 2.45) is 12.8 Å². The van der Waals surface area contributed by atoms with Gasteiger partial charge in [0.05, 0.1) is 12.6 Å². The fourth-order valence-corrected chi connectivity index (χ4v) is 2.08. The molecule has 1 atom stereocenters. The van der Waals surface area contributed by atoms with Crippen molar-refractivity contribution in [3.63, 3.8) is 0 Å². The monoisotopic (exact) mass is 218 g/mol. The Labute approximate surface area is 95.8 Å². The molecule has 0 saturated heterocycles. The van der Waals surface area contributed by atoms with Crippen LogP contribution < -0.4 is 10.5 Å². The highest BCUT2D eigenvalue weighted by Gasteiger charge is 2.08. The zero-order valence-corrected chi connectivity index (χ0v) is 10.0. The molecule has 0 aliphatic rings. The SMILES string of the molecule is COc1ccc2c(CC(C)N)cn(C)c2c1. The number of aryl methyl sites for hydroxylation is 1. The molecule has 0 saturated carbocycles. The van der Waals surface area contributed by atoms with E-state index in [0.717, 1.165) is 12.2 Å². The summed E-state index contributed by atoms with van der Waals surface area (Å²) in [6, 6.07) is 6.34. The Bertz CT molecular complexity index is 500. The molecule has 2 rings (SSSR count). The normalized spacial score (nSPS) is 13.0. The minimum Gasteiger partial charge on any atom is -0.497 e. The first-order valence-electron chi connectivity index (χ1n) is 5.49. The lowest BCUT2D eigenvalue weighted by atomic mass is 10.1. The third-order valence-corrected chi connectivity index (χ3v) is 2.82. The number of nitrogens with zero attached hydrogens (tertiary/aromatic N) is 1. The van der Waals surface area contributed by atoms with Crippen LogP contribution in [-0.2, 0) is 13.5 Å². The van der Waals surface area contributed by atoms with Crippen LogP contribution in [0.3, 0.4) is 0 Å². The van der Waals surface area contributed by atoms with E-state index < -0.39 is 0 Å². The Hall–Kier alpha value is -1.48. The maximum absolute atomic E-state index is 5.85. The molecule has 2 N–H and O–H groups in total. The van der Waals surface area contributed by atoms with Gasteiger partial charge in [0.25, 0.3) is 0 Å². The molecule has 0 amide bonds. The van der Waals surface area contributed by atoms with Crippen molar-refractivity contribution in [3.8, 4) is 5.75 Å². The Morgan fingerprint density at radius 2 is 2.19 bits per heavy atom. The van der Waals surface area contributed by atoms with Crippen LogP contribution in [0.1, 0.15) is 12.5 Å². The van der Waals surface area contributed by atoms with Gasteiger partial charge in [-0.15, -0.1) is 0 Å². The molecular weight excluding hydrogens is 200 g/mol. The first kappa shape index (κ1) is 11.0. The summed E-state index contributed by atoms with van der Waals surface area (Å²) in [5.41, 5.74) is 8.34. The Morgan fingerprint density at radius 3 is 2.81 bits per heavy atom. The number of fused-ring (bicyclic) bond motifs is 1. The number of benzene rings is 1. The number of hydrogen-bond donors (Lipinski definition) is 1. The zero-order chi connectivity index (χ0) is 11.7. The van der Waals surface area contributed by atoms with E-state index in [-0.39, 0.29) is 6.04 Å². The van der Waals surface area contributed by atoms with Crippen molar-refractivity contribution in [2.75, 3.05) is 7.11 Å². The lowest BCUT2D eigenvalue weighted by Gasteiger charge is -2.03. The minimum atomic E-state index is 0.188. The largest absolute Gasteiger partial charge is 0.497 e. The van der Waals surface area contributed by atoms with Crippen LogP contribution in [0, 0.1) is 0 Å². The molecule has 3 heteroatoms. The van der Waals surface area contributed by atoms with Gasteiger partial charge in [-0.3, -0.25) is 0 Å². The summed E-state index contributed by atoms with van der Waals surface area (Å²) in [6.45, 7) is 2.03. The molecule has 2 aromatic rings. The number of ether oxygens (including phenoxy) is 1. The molecule has 1 aromatic heterocycles. The number of nitrogens with two attached hydrogens (primary N) is 1. The molecule has 16 heavy (non-hydrogen) atoms. The van der Waals surface area contributed by atoms with E-state index in [0.29, 0.717) is 0 Å². The van der Waals surface area contributed by atoms with Crippen LogP contribution >= 0.6 is 0 Å². The summed E-state index contributed by atoms with van der Waals surface area (Å²) in [4.78, 5) is 0. The summed E-state index contributed by atoms with van der Waals surface area (Å²) in [5, 5.41) is 1.26. The van der Waals surface area contributed by atoms with Gasteiger partial charge >= 0.3 is 0 Å². The topological polar surface area (TPSA) is 40.2 Å². The average Bonchev–Trinajstić information content (AvgIpc) is 2.54. The second-order valence-electron chi connectivity index (χ2n) is 4.33. The van der Waals surface area contributed by atoms with Gasteiger partial charge in [-0.05, 0) is 31.0 Å². The molecule has 0 radical (unpaired) electrons. The van der Waals surface area contributed by atoms with E-state index >= 15 is 0 Å². The van der Waals surface area contributed by atoms with Gasteiger partial charge < -0.3 is 15.0 Å². The quantitative estimate of drug-likeness (QED) is 0.856. The molecule has 0 spiro atoms. The van der Waals surface area contributed by atoms with Gasteiger partial charge in [-0.25, -0.2) is 0 Å². The molecular formula is C13H18N2O. The van der Waals surface area contributed by atoms with E-state index in [1.54, 1.807) is 7.11 Å². The van der Waals surface area contributed by atoms with Crippen molar-refractivity contribution >= 4 is 10.9 Å². The van der Waals surface area contributed by atoms with E-state index in [1.807, 2.05) is 20.0 Å². The van der Waals surface area contributed by atoms with Crippen LogP contribution in [0.25, 0.3) is 10.9 Å². The summed E-state index contributed by atoms with van der Waals surface area (Å²) >= 11 is 0. The molecule has 0 aliphatic heterocycles. The first-order chi connectivity index (χ1) is 7.61. The molecule has 0 bridgehead atoms. The second-order valence-corrected chi connectivity index (χ2v) is 4.33. The third-order valence-electron chi connectivity index (χ3n) is 2.82. The molecule has 1 unspecified atom stereocenters. The number of rotatable bonds is 3. The number of aromatic nitrogens is 1. The maximum atomic E-state index is 5.85. The van der Waals surface area contributed by atoms with Gasteiger partial charge in [-0.2, -0.15) is 0 Å². The highest BCUT2D eigenvalue weighted by atomic mass is 16.5. The van der Waals surface area contributed by atoms with Crippen LogP contribution in [0.15, 0.2) is 24.4 Å². The smallest absolute Gasteiger partial charge is 0.120 e. The molecule has 3 nitrogen and oxygen atoms in total. The predicted molar refractivity (Wildman–Crippen MR) is 66.8 cm³/mol. The summed E-state index contributed by atoms with van der Waals surface area (Å²) < 4.78 is 7.35. The summed E-state index contributed by atoms with van der Waals surface area (Å²) in [5.74, 6) is 0.890. The molecule has 0 fully saturated rings. The molecule has 0 aliphatic carbocycles. The van der Waals surface area contributed by atoms with Gasteiger partial charge in [0, 0.05) is 30.7 Å². The number of hydrogen-bond acceptors (Lipinski definition) is 2. The van der Waals surface area contributed by atoms with Crippen molar-refractivity contribution in [2.45, 2.75) is 19.4 Å². The summed E-state index contributed by atoms with van der Waals surface area (Å²) in [6.07, 6.45) is 3.05. The lowest BCUT2D eigenvalue weighted by molar-refractivity contribution is 0.415. The fraction of sp³-hybridized carbons (Fsp3) is 0.385. The van der Waals surface area contributed by atoms with Crippen molar-refractivity contribution in [1.82, 2.24) is 4.57 Å². The molecule has 86 valence electrons. The summed E-state index contributed by atoms with van der Waals surface area (Å²) in [7, 11) is 3.74. The van der Waals surface area contributed by atoms with Crippen LogP contribution in [0.5, 0.6) is 5.75 Å². The number of methoxy groups -OCH3 is 1. The van der Waals surface area contributed by atoms with Gasteiger partial charge in [0.15, 0.2) is 0 Å². The maximum Gasteiger partial charge on any atom is 0.120 e. The molecule has 1 aromatic carbocycles. The van der Waals surface area contributed by atoms with Crippen LogP contribution in [0.2, 0.25) is 0 Å². The van der Waals surface area contributed by atoms with E-state index in [4.69, 9.17) is 10.5 Å². The third kappa shape index (κ3) is 1.91. The van der Waals surface area contributed by atoms with Gasteiger partial charge in [0.2, 0.25) is 0 Å². The standard InChI is InChI=1S/C13H18N2O/c1-9(14)6-10-8-15(2)13-7-11(16-3)4-5-12(10)13/h4-5,7-9H,6,14H2,1-3H3. The fourth-order valence-electron chi connectivity index (χ4n) is 2.08. The second kappa shape index (κ2) is 4.18. The van der Waals surface area contributed by atoms with E-state index in [9.17, 15) is 0 Å². The van der Waals surface area contributed by atoms with Crippen molar-refractivity contribution < 1.29 is 4.74 Å². The minimum absolute atomic E-state index is 0.188. The van der Waals surface area contributed by atoms with E-state index in [2.05, 4.69) is 22.9 Å². The van der Waals surface area contributed by atoms with Crippen molar-refractivity contribution in [1.29, 1.82) is 0 Å². The average molecular weight is 218 g/mol. The predicted octanol–water partition coefficient (Wildman–Crippen LogP) is 2.08. The van der Waals surface area contributed by atoms with Gasteiger partial charge in [-0.1, -0.05) is 0 Å². The lowest BCUT2D eigenvalue weighted by Crippen LogP contribution is -2.17. The van der Waals surface area contributed by atoms with Crippen LogP contribution in [-0.4, -0.2) is 17.7 Å². The van der Waals surface area contributed by atoms with E-state index in [1.165, 1.54) is 16.5 Å². The Morgan fingerprint density at radius 1 is 1.44 bits per heavy atom. The Kier molecular flexibility index (Phi) is 2.88. The van der Waals surface area contributed by atoms with Crippen molar-refractivity contribution in [3.05, 3.63) is 30.0 Å². The zero-order valence-electron chi connectivity index (χ0n) is 10.0. The first-order valence-corrected chi connectivity index (χ1v) is 5.49. The Balaban J connectivity index is 2.53. The highest BCUT2D eigenvalue weighted by molar-refractivity contribution is 5.85. The van der Waals surface area contributed by atoms with Crippen LogP contribution in [0.4, 0.5) is 0 Å². The van der Waals surface area contributed by atoms with Gasteiger partial charge in [0.1, 0.15) is 5.75 Å².